The summed E-state index contributed by atoms with van der Waals surface area (Å²) >= 11 is 0. The number of aromatic nitrogens is 4. The Bertz CT molecular complexity index is 1190. The monoisotopic (exact) mass is 375 g/mol. The van der Waals surface area contributed by atoms with E-state index in [4.69, 9.17) is 9.40 Å². The van der Waals surface area contributed by atoms with Crippen LogP contribution in [0.15, 0.2) is 51.9 Å². The van der Waals surface area contributed by atoms with Crippen LogP contribution in [0, 0.1) is 0 Å². The van der Waals surface area contributed by atoms with Crippen molar-refractivity contribution >= 4 is 11.0 Å². The molecule has 0 spiro atoms. The van der Waals surface area contributed by atoms with Crippen molar-refractivity contribution in [3.05, 3.63) is 70.1 Å². The fourth-order valence-electron chi connectivity index (χ4n) is 3.94. The van der Waals surface area contributed by atoms with Gasteiger partial charge in [-0.15, -0.1) is 0 Å². The molecule has 28 heavy (non-hydrogen) atoms. The van der Waals surface area contributed by atoms with E-state index in [0.717, 1.165) is 47.6 Å². The molecule has 7 heteroatoms. The predicted molar refractivity (Wildman–Crippen MR) is 106 cm³/mol. The Morgan fingerprint density at radius 2 is 2.07 bits per heavy atom. The first-order valence-corrected chi connectivity index (χ1v) is 9.55. The third-order valence-electron chi connectivity index (χ3n) is 5.32. The number of aryl methyl sites for hydroxylation is 1. The highest BCUT2D eigenvalue weighted by Crippen LogP contribution is 2.22. The number of H-pyrrole nitrogens is 1. The maximum absolute atomic E-state index is 12.7. The molecule has 1 N–H and O–H groups in total. The fourth-order valence-corrected chi connectivity index (χ4v) is 3.94. The number of benzene rings is 1. The number of nitrogens with zero attached hydrogens (tertiary/aromatic N) is 4. The summed E-state index contributed by atoms with van der Waals surface area (Å²) in [5.41, 5.74) is 3.67. The summed E-state index contributed by atoms with van der Waals surface area (Å²) < 4.78 is 7.61. The van der Waals surface area contributed by atoms with Crippen LogP contribution in [0.4, 0.5) is 0 Å². The van der Waals surface area contributed by atoms with Crippen LogP contribution in [0.1, 0.15) is 24.0 Å². The summed E-state index contributed by atoms with van der Waals surface area (Å²) in [4.78, 5) is 27.2. The van der Waals surface area contributed by atoms with Crippen molar-refractivity contribution in [2.45, 2.75) is 33.0 Å². The smallest absolute Gasteiger partial charge is 0.256 e. The van der Waals surface area contributed by atoms with Gasteiger partial charge in [0.25, 0.3) is 5.56 Å². The summed E-state index contributed by atoms with van der Waals surface area (Å²) in [6.45, 7) is 5.13. The molecule has 0 bridgehead atoms. The lowest BCUT2D eigenvalue weighted by Crippen LogP contribution is -2.36. The van der Waals surface area contributed by atoms with Gasteiger partial charge < -0.3 is 14.0 Å². The van der Waals surface area contributed by atoms with Crippen LogP contribution in [-0.4, -0.2) is 31.0 Å². The molecule has 1 aromatic carbocycles. The predicted octanol–water partition coefficient (Wildman–Crippen LogP) is 2.96. The van der Waals surface area contributed by atoms with Gasteiger partial charge in [-0.1, -0.05) is 12.1 Å². The quantitative estimate of drug-likeness (QED) is 0.593. The second kappa shape index (κ2) is 6.76. The van der Waals surface area contributed by atoms with Gasteiger partial charge in [0.05, 0.1) is 35.1 Å². The SMILES string of the molecule is CCn1c(CN2CCc3nc(-c4ccco4)[nH]c(=O)c3C2)nc2ccccc21. The maximum atomic E-state index is 12.7. The molecule has 0 unspecified atom stereocenters. The molecule has 4 heterocycles. The van der Waals surface area contributed by atoms with Gasteiger partial charge >= 0.3 is 0 Å². The lowest BCUT2D eigenvalue weighted by atomic mass is 10.1. The lowest BCUT2D eigenvalue weighted by molar-refractivity contribution is 0.233. The zero-order valence-corrected chi connectivity index (χ0v) is 15.7. The van der Waals surface area contributed by atoms with E-state index >= 15 is 0 Å². The Hall–Kier alpha value is -3.19. The summed E-state index contributed by atoms with van der Waals surface area (Å²) in [6.07, 6.45) is 2.32. The molecule has 4 aromatic rings. The van der Waals surface area contributed by atoms with Gasteiger partial charge in [-0.05, 0) is 31.2 Å². The summed E-state index contributed by atoms with van der Waals surface area (Å²) in [7, 11) is 0. The standard InChI is InChI=1S/C21H21N5O2/c1-2-26-17-7-4-3-6-16(17)22-19(26)13-25-10-9-15-14(12-25)21(27)24-20(23-15)18-8-5-11-28-18/h3-8,11H,2,9-10,12-13H2,1H3,(H,23,24,27). The molecule has 0 aliphatic carbocycles. The highest BCUT2D eigenvalue weighted by Gasteiger charge is 2.23. The van der Waals surface area contributed by atoms with Crippen molar-refractivity contribution in [1.82, 2.24) is 24.4 Å². The number of fused-ring (bicyclic) bond motifs is 2. The van der Waals surface area contributed by atoms with E-state index < -0.39 is 0 Å². The van der Waals surface area contributed by atoms with E-state index in [1.807, 2.05) is 18.2 Å². The molecule has 0 radical (unpaired) electrons. The Morgan fingerprint density at radius 1 is 1.18 bits per heavy atom. The third kappa shape index (κ3) is 2.84. The second-order valence-electron chi connectivity index (χ2n) is 7.04. The number of furan rings is 1. The molecular weight excluding hydrogens is 354 g/mol. The zero-order valence-electron chi connectivity index (χ0n) is 15.7. The summed E-state index contributed by atoms with van der Waals surface area (Å²) in [5.74, 6) is 2.11. The minimum Gasteiger partial charge on any atom is -0.461 e. The molecule has 0 atom stereocenters. The first kappa shape index (κ1) is 16.9. The molecule has 0 saturated heterocycles. The van der Waals surface area contributed by atoms with E-state index in [1.54, 1.807) is 18.4 Å². The van der Waals surface area contributed by atoms with Crippen LogP contribution in [0.3, 0.4) is 0 Å². The molecule has 5 rings (SSSR count). The van der Waals surface area contributed by atoms with Crippen molar-refractivity contribution in [3.8, 4) is 11.6 Å². The molecule has 0 amide bonds. The minimum absolute atomic E-state index is 0.0925. The molecule has 1 aliphatic heterocycles. The van der Waals surface area contributed by atoms with Gasteiger partial charge in [0.1, 0.15) is 5.82 Å². The van der Waals surface area contributed by atoms with Crippen molar-refractivity contribution < 1.29 is 4.42 Å². The zero-order chi connectivity index (χ0) is 19.1. The van der Waals surface area contributed by atoms with Gasteiger partial charge in [0.15, 0.2) is 11.6 Å². The maximum Gasteiger partial charge on any atom is 0.256 e. The summed E-state index contributed by atoms with van der Waals surface area (Å²) in [5, 5.41) is 0. The fraction of sp³-hybridized carbons (Fsp3) is 0.286. The van der Waals surface area contributed by atoms with Crippen LogP contribution in [0.2, 0.25) is 0 Å². The Kier molecular flexibility index (Phi) is 4.09. The number of rotatable bonds is 4. The van der Waals surface area contributed by atoms with Crippen molar-refractivity contribution in [2.24, 2.45) is 0 Å². The molecule has 7 nitrogen and oxygen atoms in total. The Morgan fingerprint density at radius 3 is 2.89 bits per heavy atom. The number of aromatic amines is 1. The van der Waals surface area contributed by atoms with Crippen LogP contribution >= 0.6 is 0 Å². The molecule has 1 aliphatic rings. The van der Waals surface area contributed by atoms with Crippen molar-refractivity contribution in [1.29, 1.82) is 0 Å². The van der Waals surface area contributed by atoms with Gasteiger partial charge in [-0.3, -0.25) is 9.69 Å². The number of nitrogens with one attached hydrogen (secondary N) is 1. The van der Waals surface area contributed by atoms with Crippen molar-refractivity contribution in [3.63, 3.8) is 0 Å². The Labute approximate surface area is 161 Å². The first-order chi connectivity index (χ1) is 13.7. The largest absolute Gasteiger partial charge is 0.461 e. The lowest BCUT2D eigenvalue weighted by Gasteiger charge is -2.27. The van der Waals surface area contributed by atoms with Crippen LogP contribution in [0.25, 0.3) is 22.6 Å². The Balaban J connectivity index is 1.43. The number of imidazole rings is 1. The topological polar surface area (TPSA) is 80.0 Å². The van der Waals surface area contributed by atoms with Gasteiger partial charge in [0.2, 0.25) is 0 Å². The van der Waals surface area contributed by atoms with E-state index in [2.05, 4.69) is 32.4 Å². The number of hydrogen-bond donors (Lipinski definition) is 1. The van der Waals surface area contributed by atoms with E-state index in [0.29, 0.717) is 24.7 Å². The molecular formula is C21H21N5O2. The van der Waals surface area contributed by atoms with E-state index in [-0.39, 0.29) is 5.56 Å². The second-order valence-corrected chi connectivity index (χ2v) is 7.04. The van der Waals surface area contributed by atoms with Crippen LogP contribution in [-0.2, 0) is 26.1 Å². The van der Waals surface area contributed by atoms with Crippen LogP contribution in [0.5, 0.6) is 0 Å². The normalized spacial score (nSPS) is 14.5. The van der Waals surface area contributed by atoms with Crippen LogP contribution < -0.4 is 5.56 Å². The van der Waals surface area contributed by atoms with Crippen molar-refractivity contribution in [2.75, 3.05) is 6.54 Å². The first-order valence-electron chi connectivity index (χ1n) is 9.55. The van der Waals surface area contributed by atoms with Gasteiger partial charge in [-0.25, -0.2) is 9.97 Å². The van der Waals surface area contributed by atoms with E-state index in [9.17, 15) is 4.79 Å². The highest BCUT2D eigenvalue weighted by atomic mass is 16.3. The molecule has 0 fully saturated rings. The van der Waals surface area contributed by atoms with Gasteiger partial charge in [-0.2, -0.15) is 0 Å². The molecule has 0 saturated carbocycles. The highest BCUT2D eigenvalue weighted by molar-refractivity contribution is 5.75. The number of para-hydroxylation sites is 2. The molecule has 142 valence electrons. The van der Waals surface area contributed by atoms with Gasteiger partial charge in [0, 0.05) is 26.1 Å². The average Bonchev–Trinajstić information content (AvgIpc) is 3.36. The third-order valence-corrected chi connectivity index (χ3v) is 5.32. The number of hydrogen-bond acceptors (Lipinski definition) is 5. The molecule has 3 aromatic heterocycles. The average molecular weight is 375 g/mol. The van der Waals surface area contributed by atoms with E-state index in [1.165, 1.54) is 0 Å². The summed E-state index contributed by atoms with van der Waals surface area (Å²) in [6, 6.07) is 11.8. The minimum atomic E-state index is -0.0925.